The standard InChI is InChI=1S/C24H24N2O5/c1-15(2)30-18-9-8-16-12-19(24(29)31-21(16)13-18)23(28)26-11-5-6-17(14-26)22(27)20-7-3-4-10-25-20/h3-4,7-10,12-13,15,17H,5-6,11,14H2,1-2H3. The number of aromatic nitrogens is 1. The maximum Gasteiger partial charge on any atom is 0.349 e. The van der Waals surface area contributed by atoms with Crippen molar-refractivity contribution in [1.29, 1.82) is 0 Å². The van der Waals surface area contributed by atoms with Gasteiger partial charge in [-0.25, -0.2) is 4.79 Å². The van der Waals surface area contributed by atoms with E-state index in [1.54, 1.807) is 53.6 Å². The van der Waals surface area contributed by atoms with E-state index in [9.17, 15) is 14.4 Å². The maximum atomic E-state index is 13.1. The molecule has 3 aromatic rings. The van der Waals surface area contributed by atoms with Crippen molar-refractivity contribution in [3.8, 4) is 5.75 Å². The van der Waals surface area contributed by atoms with Crippen LogP contribution in [0.25, 0.3) is 11.0 Å². The number of Topliss-reactive ketones (excluding diaryl/α,β-unsaturated/α-hetero) is 1. The van der Waals surface area contributed by atoms with Crippen molar-refractivity contribution in [2.75, 3.05) is 13.1 Å². The summed E-state index contributed by atoms with van der Waals surface area (Å²) in [6.45, 7) is 4.57. The molecule has 3 heterocycles. The fourth-order valence-corrected chi connectivity index (χ4v) is 3.85. The number of ketones is 1. The van der Waals surface area contributed by atoms with E-state index in [1.165, 1.54) is 0 Å². The predicted molar refractivity (Wildman–Crippen MR) is 115 cm³/mol. The molecule has 1 aromatic carbocycles. The minimum atomic E-state index is -0.697. The second-order valence-electron chi connectivity index (χ2n) is 7.98. The summed E-state index contributed by atoms with van der Waals surface area (Å²) in [4.78, 5) is 44.1. The van der Waals surface area contributed by atoms with Gasteiger partial charge in [0.2, 0.25) is 0 Å². The lowest BCUT2D eigenvalue weighted by Crippen LogP contribution is -2.43. The molecule has 0 bridgehead atoms. The average Bonchev–Trinajstić information content (AvgIpc) is 2.78. The second kappa shape index (κ2) is 8.71. The molecule has 7 nitrogen and oxygen atoms in total. The van der Waals surface area contributed by atoms with Crippen molar-refractivity contribution in [3.63, 3.8) is 0 Å². The molecule has 0 spiro atoms. The van der Waals surface area contributed by atoms with E-state index in [1.807, 2.05) is 13.8 Å². The van der Waals surface area contributed by atoms with E-state index < -0.39 is 11.5 Å². The van der Waals surface area contributed by atoms with Crippen LogP contribution in [0, 0.1) is 5.92 Å². The fourth-order valence-electron chi connectivity index (χ4n) is 3.85. The quantitative estimate of drug-likeness (QED) is 0.462. The van der Waals surface area contributed by atoms with Gasteiger partial charge in [-0.1, -0.05) is 6.07 Å². The first kappa shape index (κ1) is 20.8. The average molecular weight is 420 g/mol. The molecule has 1 atom stereocenters. The van der Waals surface area contributed by atoms with Gasteiger partial charge in [-0.05, 0) is 57.0 Å². The van der Waals surface area contributed by atoms with Crippen LogP contribution in [0.3, 0.4) is 0 Å². The van der Waals surface area contributed by atoms with Crippen LogP contribution in [0.5, 0.6) is 5.75 Å². The van der Waals surface area contributed by atoms with E-state index in [0.717, 1.165) is 0 Å². The normalized spacial score (nSPS) is 16.5. The van der Waals surface area contributed by atoms with Crippen molar-refractivity contribution in [1.82, 2.24) is 9.88 Å². The Kier molecular flexibility index (Phi) is 5.84. The van der Waals surface area contributed by atoms with Crippen molar-refractivity contribution in [2.45, 2.75) is 32.8 Å². The van der Waals surface area contributed by atoms with Crippen molar-refractivity contribution >= 4 is 22.7 Å². The number of piperidine rings is 1. The van der Waals surface area contributed by atoms with Crippen LogP contribution in [0.4, 0.5) is 0 Å². The highest BCUT2D eigenvalue weighted by molar-refractivity contribution is 5.99. The second-order valence-corrected chi connectivity index (χ2v) is 7.98. The maximum absolute atomic E-state index is 13.1. The SMILES string of the molecule is CC(C)Oc1ccc2cc(C(=O)N3CCCC(C(=O)c4ccccn4)C3)c(=O)oc2c1. The number of hydrogen-bond donors (Lipinski definition) is 0. The first-order chi connectivity index (χ1) is 14.9. The number of fused-ring (bicyclic) bond motifs is 1. The van der Waals surface area contributed by atoms with Crippen LogP contribution >= 0.6 is 0 Å². The molecule has 31 heavy (non-hydrogen) atoms. The van der Waals surface area contributed by atoms with Crippen LogP contribution in [0.1, 0.15) is 47.5 Å². The summed E-state index contributed by atoms with van der Waals surface area (Å²) in [5, 5.41) is 0.636. The molecule has 0 N–H and O–H groups in total. The summed E-state index contributed by atoms with van der Waals surface area (Å²) in [5.74, 6) is -0.245. The molecule has 4 rings (SSSR count). The highest BCUT2D eigenvalue weighted by Gasteiger charge is 2.31. The molecular weight excluding hydrogens is 396 g/mol. The Hall–Kier alpha value is -3.48. The van der Waals surface area contributed by atoms with Gasteiger partial charge >= 0.3 is 5.63 Å². The van der Waals surface area contributed by atoms with Gasteiger partial charge in [-0.15, -0.1) is 0 Å². The van der Waals surface area contributed by atoms with Crippen LogP contribution in [-0.4, -0.2) is 40.8 Å². The molecule has 7 heteroatoms. The Labute approximate surface area is 179 Å². The zero-order valence-electron chi connectivity index (χ0n) is 17.5. The third kappa shape index (κ3) is 4.50. The Balaban J connectivity index is 1.56. The van der Waals surface area contributed by atoms with E-state index >= 15 is 0 Å². The number of nitrogens with zero attached hydrogens (tertiary/aromatic N) is 2. The third-order valence-electron chi connectivity index (χ3n) is 5.31. The zero-order chi connectivity index (χ0) is 22.0. The van der Waals surface area contributed by atoms with Crippen LogP contribution in [0.15, 0.2) is 57.9 Å². The Morgan fingerprint density at radius 3 is 2.77 bits per heavy atom. The molecule has 0 saturated carbocycles. The number of rotatable bonds is 5. The number of likely N-dealkylation sites (tertiary alicyclic amines) is 1. The van der Waals surface area contributed by atoms with Gasteiger partial charge < -0.3 is 14.1 Å². The van der Waals surface area contributed by atoms with E-state index in [2.05, 4.69) is 4.98 Å². The van der Waals surface area contributed by atoms with Gasteiger partial charge in [0.15, 0.2) is 5.78 Å². The number of carbonyl (C=O) groups excluding carboxylic acids is 2. The Morgan fingerprint density at radius 2 is 2.03 bits per heavy atom. The van der Waals surface area contributed by atoms with E-state index in [4.69, 9.17) is 9.15 Å². The molecule has 2 aromatic heterocycles. The minimum absolute atomic E-state index is 0.00846. The summed E-state index contributed by atoms with van der Waals surface area (Å²) in [6.07, 6.45) is 2.94. The molecule has 1 unspecified atom stereocenters. The topological polar surface area (TPSA) is 89.7 Å². The summed E-state index contributed by atoms with van der Waals surface area (Å²) in [7, 11) is 0. The van der Waals surface area contributed by atoms with Crippen LogP contribution in [0.2, 0.25) is 0 Å². The van der Waals surface area contributed by atoms with Gasteiger partial charge in [0.25, 0.3) is 5.91 Å². The lowest BCUT2D eigenvalue weighted by atomic mass is 9.91. The number of hydrogen-bond acceptors (Lipinski definition) is 6. The smallest absolute Gasteiger partial charge is 0.349 e. The summed E-state index contributed by atoms with van der Waals surface area (Å²) in [5.41, 5.74) is 0.0290. The van der Waals surface area contributed by atoms with Crippen molar-refractivity contribution in [2.24, 2.45) is 5.92 Å². The molecule has 1 fully saturated rings. The number of pyridine rings is 1. The molecule has 160 valence electrons. The van der Waals surface area contributed by atoms with Gasteiger partial charge in [-0.3, -0.25) is 14.6 Å². The Morgan fingerprint density at radius 1 is 1.19 bits per heavy atom. The van der Waals surface area contributed by atoms with Gasteiger partial charge in [0.05, 0.1) is 6.10 Å². The minimum Gasteiger partial charge on any atom is -0.491 e. The van der Waals surface area contributed by atoms with E-state index in [0.29, 0.717) is 41.8 Å². The third-order valence-corrected chi connectivity index (χ3v) is 5.31. The first-order valence-corrected chi connectivity index (χ1v) is 10.4. The largest absolute Gasteiger partial charge is 0.491 e. The highest BCUT2D eigenvalue weighted by atomic mass is 16.5. The lowest BCUT2D eigenvalue weighted by molar-refractivity contribution is 0.0632. The monoisotopic (exact) mass is 420 g/mol. The predicted octanol–water partition coefficient (Wildman–Crippen LogP) is 3.71. The molecule has 1 aliphatic rings. The zero-order valence-corrected chi connectivity index (χ0v) is 17.5. The molecule has 1 amide bonds. The number of amides is 1. The summed E-state index contributed by atoms with van der Waals surface area (Å²) in [6, 6.07) is 11.9. The molecule has 1 saturated heterocycles. The number of benzene rings is 1. The highest BCUT2D eigenvalue weighted by Crippen LogP contribution is 2.24. The molecule has 0 radical (unpaired) electrons. The fraction of sp³-hybridized carbons (Fsp3) is 0.333. The molecular formula is C24H24N2O5. The van der Waals surface area contributed by atoms with Gasteiger partial charge in [0.1, 0.15) is 22.6 Å². The Bertz CT molecular complexity index is 1170. The first-order valence-electron chi connectivity index (χ1n) is 10.4. The van der Waals surface area contributed by atoms with Crippen molar-refractivity contribution in [3.05, 3.63) is 70.3 Å². The molecule has 0 aliphatic carbocycles. The number of carbonyl (C=O) groups is 2. The van der Waals surface area contributed by atoms with Crippen LogP contribution in [-0.2, 0) is 0 Å². The van der Waals surface area contributed by atoms with E-state index in [-0.39, 0.29) is 29.9 Å². The number of ether oxygens (including phenoxy) is 1. The summed E-state index contributed by atoms with van der Waals surface area (Å²) >= 11 is 0. The summed E-state index contributed by atoms with van der Waals surface area (Å²) < 4.78 is 11.0. The van der Waals surface area contributed by atoms with Crippen molar-refractivity contribution < 1.29 is 18.7 Å². The van der Waals surface area contributed by atoms with Crippen LogP contribution < -0.4 is 10.4 Å². The molecule has 1 aliphatic heterocycles. The van der Waals surface area contributed by atoms with Gasteiger partial charge in [-0.2, -0.15) is 0 Å². The van der Waals surface area contributed by atoms with Gasteiger partial charge in [0, 0.05) is 36.7 Å². The lowest BCUT2D eigenvalue weighted by Gasteiger charge is -2.31.